The Morgan fingerprint density at radius 1 is 0.183 bits per heavy atom. The highest BCUT2D eigenvalue weighted by Gasteiger charge is 2.26. The van der Waals surface area contributed by atoms with Crippen LogP contribution in [0.2, 0.25) is 0 Å². The Morgan fingerprint density at radius 2 is 0.477 bits per heavy atom. The summed E-state index contributed by atoms with van der Waals surface area (Å²) in [7, 11) is 0. The number of rotatable bonds is 9. The minimum Gasteiger partial charge on any atom is -0.456 e. The van der Waals surface area contributed by atoms with E-state index < -0.39 is 0 Å². The number of fused-ring (bicyclic) bond motifs is 21. The summed E-state index contributed by atoms with van der Waals surface area (Å²) in [6.07, 6.45) is 0. The molecule has 8 heterocycles. The number of furan rings is 5. The third kappa shape index (κ3) is 8.94. The lowest BCUT2D eigenvalue weighted by atomic mass is 9.98. The van der Waals surface area contributed by atoms with Crippen molar-refractivity contribution in [3.63, 3.8) is 0 Å². The minimum atomic E-state index is 0.492. The Kier molecular flexibility index (Phi) is 12.5. The molecule has 0 aliphatic heterocycles. The average Bonchev–Trinajstić information content (AvgIpc) is 1.66. The SMILES string of the molecule is c1ccc2c(c1)oc1c(-c3ccc(-n4c5ccccc5c5cc(-c6ccc7oc8cccc(-c9nc(-c%10cccc%11oc%12ccccc%12c%10%11)nc(-c%10cccc%11oc%12ccc(-c%13ccc%14c(c%13)c%13ccccc%13n%14-c%13ccc(-c%14cccc%15c%14oc%14ccccc%14%15)cc%13)cc%12c%10%11)n9)c8c7c6)ccc54)cc3)cccc12. The van der Waals surface area contributed by atoms with Gasteiger partial charge in [0, 0.05) is 115 Å². The number of aromatic nitrogens is 5. The van der Waals surface area contributed by atoms with Gasteiger partial charge in [-0.3, -0.25) is 0 Å². The van der Waals surface area contributed by atoms with Gasteiger partial charge in [0.1, 0.15) is 55.8 Å². The van der Waals surface area contributed by atoms with E-state index >= 15 is 0 Å². The van der Waals surface area contributed by atoms with Crippen molar-refractivity contribution in [1.29, 1.82) is 0 Å². The van der Waals surface area contributed by atoms with Crippen molar-refractivity contribution in [1.82, 2.24) is 24.1 Å². The maximum Gasteiger partial charge on any atom is 0.164 e. The maximum atomic E-state index is 6.82. The summed E-state index contributed by atoms with van der Waals surface area (Å²) in [4.78, 5) is 16.6. The van der Waals surface area contributed by atoms with Crippen LogP contribution in [0.1, 0.15) is 0 Å². The molecule has 16 aromatic carbocycles. The van der Waals surface area contributed by atoms with E-state index in [9.17, 15) is 0 Å². The lowest BCUT2D eigenvalue weighted by molar-refractivity contribution is 0.668. The van der Waals surface area contributed by atoms with Gasteiger partial charge in [-0.15, -0.1) is 0 Å². The van der Waals surface area contributed by atoms with Crippen LogP contribution in [0.25, 0.3) is 243 Å². The number of nitrogens with zero attached hydrogens (tertiary/aromatic N) is 5. The summed E-state index contributed by atoms with van der Waals surface area (Å²) in [5.74, 6) is 1.48. The third-order valence-electron chi connectivity index (χ3n) is 22.4. The molecular weight excluding hydrogens is 1340 g/mol. The van der Waals surface area contributed by atoms with Crippen molar-refractivity contribution < 1.29 is 22.1 Å². The topological polar surface area (TPSA) is 114 Å². The van der Waals surface area contributed by atoms with Crippen LogP contribution < -0.4 is 0 Å². The van der Waals surface area contributed by atoms with E-state index in [-0.39, 0.29) is 0 Å². The highest BCUT2D eigenvalue weighted by Crippen LogP contribution is 2.47. The first-order chi connectivity index (χ1) is 54.0. The van der Waals surface area contributed by atoms with Crippen LogP contribution in [-0.2, 0) is 0 Å². The van der Waals surface area contributed by atoms with Gasteiger partial charge in [-0.2, -0.15) is 0 Å². The fourth-order valence-corrected chi connectivity index (χ4v) is 17.5. The number of hydrogen-bond acceptors (Lipinski definition) is 8. The summed E-state index contributed by atoms with van der Waals surface area (Å²) >= 11 is 0. The smallest absolute Gasteiger partial charge is 0.164 e. The lowest BCUT2D eigenvalue weighted by Crippen LogP contribution is -2.01. The first-order valence-corrected chi connectivity index (χ1v) is 36.7. The van der Waals surface area contributed by atoms with E-state index in [1.165, 1.54) is 10.8 Å². The zero-order valence-electron chi connectivity index (χ0n) is 58.0. The largest absolute Gasteiger partial charge is 0.456 e. The summed E-state index contributed by atoms with van der Waals surface area (Å²) in [6, 6.07) is 118. The molecule has 109 heavy (non-hydrogen) atoms. The Bertz CT molecular complexity index is 7580. The number of benzene rings is 16. The number of hydrogen-bond donors (Lipinski definition) is 0. The zero-order valence-corrected chi connectivity index (χ0v) is 58.0. The fourth-order valence-electron chi connectivity index (χ4n) is 17.5. The van der Waals surface area contributed by atoms with Gasteiger partial charge in [0.05, 0.1) is 22.1 Å². The van der Waals surface area contributed by atoms with E-state index in [1.54, 1.807) is 0 Å². The summed E-state index contributed by atoms with van der Waals surface area (Å²) in [5, 5.41) is 14.7. The predicted molar refractivity (Wildman–Crippen MR) is 443 cm³/mol. The van der Waals surface area contributed by atoms with Gasteiger partial charge in [0.2, 0.25) is 0 Å². The minimum absolute atomic E-state index is 0.492. The Balaban J connectivity index is 0.624. The molecule has 24 aromatic rings. The van der Waals surface area contributed by atoms with Crippen molar-refractivity contribution in [3.8, 4) is 90.0 Å². The van der Waals surface area contributed by atoms with E-state index in [4.69, 9.17) is 37.0 Å². The molecule has 10 heteroatoms. The van der Waals surface area contributed by atoms with Crippen molar-refractivity contribution in [2.24, 2.45) is 0 Å². The van der Waals surface area contributed by atoms with Crippen molar-refractivity contribution >= 4 is 153 Å². The van der Waals surface area contributed by atoms with Gasteiger partial charge in [0.15, 0.2) is 17.5 Å². The van der Waals surface area contributed by atoms with E-state index in [1.807, 2.05) is 78.9 Å². The Morgan fingerprint density at radius 3 is 0.908 bits per heavy atom. The molecule has 0 fully saturated rings. The first kappa shape index (κ1) is 59.5. The molecule has 0 radical (unpaired) electrons. The normalized spacial score (nSPS) is 12.2. The summed E-state index contributed by atoms with van der Waals surface area (Å²) in [5.41, 5.74) is 25.6. The number of para-hydroxylation sites is 7. The molecule has 10 nitrogen and oxygen atoms in total. The Labute approximate surface area is 619 Å². The van der Waals surface area contributed by atoms with Gasteiger partial charge in [-0.1, -0.05) is 212 Å². The van der Waals surface area contributed by atoms with E-state index in [2.05, 4.69) is 264 Å². The Hall–Kier alpha value is -14.9. The predicted octanol–water partition coefficient (Wildman–Crippen LogP) is 27.2. The molecule has 506 valence electrons. The second-order valence-corrected chi connectivity index (χ2v) is 28.4. The van der Waals surface area contributed by atoms with Gasteiger partial charge < -0.3 is 31.2 Å². The highest BCUT2D eigenvalue weighted by molar-refractivity contribution is 6.19. The molecule has 0 aliphatic rings. The van der Waals surface area contributed by atoms with Crippen molar-refractivity contribution in [2.45, 2.75) is 0 Å². The first-order valence-electron chi connectivity index (χ1n) is 36.7. The molecule has 8 aromatic heterocycles. The van der Waals surface area contributed by atoms with Crippen LogP contribution in [0.5, 0.6) is 0 Å². The summed E-state index contributed by atoms with van der Waals surface area (Å²) in [6.45, 7) is 0. The third-order valence-corrected chi connectivity index (χ3v) is 22.4. The molecule has 0 bridgehead atoms. The van der Waals surface area contributed by atoms with Gasteiger partial charge >= 0.3 is 0 Å². The summed E-state index contributed by atoms with van der Waals surface area (Å²) < 4.78 is 37.9. The molecule has 0 saturated heterocycles. The monoisotopic (exact) mass is 1390 g/mol. The fraction of sp³-hybridized carbons (Fsp3) is 0. The molecular formula is C99H55N5O5. The second kappa shape index (κ2) is 22.8. The van der Waals surface area contributed by atoms with Gasteiger partial charge in [-0.05, 0) is 155 Å². The van der Waals surface area contributed by atoms with Crippen molar-refractivity contribution in [3.05, 3.63) is 334 Å². The van der Waals surface area contributed by atoms with Crippen LogP contribution in [0, 0.1) is 0 Å². The van der Waals surface area contributed by atoms with Crippen LogP contribution in [-0.4, -0.2) is 24.1 Å². The molecule has 0 saturated carbocycles. The van der Waals surface area contributed by atoms with Crippen LogP contribution >= 0.6 is 0 Å². The quantitative estimate of drug-likeness (QED) is 0.140. The van der Waals surface area contributed by atoms with Gasteiger partial charge in [0.25, 0.3) is 0 Å². The standard InChI is InChI=1S/C99H55N5O5/c1-6-28-80-66(16-1)76-52-58(40-48-82(76)103(80)62-44-36-56(37-45-62)64-21-11-23-70-68-18-3-8-30-84(68)108-95(64)70)60-42-50-87-78(54-60)93-74(26-14-34-90(93)106-87)98-100-97(73-25-13-33-89-92(73)72-20-5-10-32-86(72)105-89)101-99(102-98)75-27-15-35-91-94(75)79-55-61(43-51-88(79)107-91)59-41-49-83-77(53-59)67-17-2-7-29-81(67)104(83)63-46-38-57(39-47-63)65-22-12-24-71-69-19-4-9-31-85(69)109-96(65)71/h1-55H. The lowest BCUT2D eigenvalue weighted by Gasteiger charge is -2.11. The van der Waals surface area contributed by atoms with Crippen LogP contribution in [0.3, 0.4) is 0 Å². The maximum absolute atomic E-state index is 6.82. The van der Waals surface area contributed by atoms with Crippen LogP contribution in [0.4, 0.5) is 0 Å². The average molecular weight is 1390 g/mol. The molecule has 0 aliphatic carbocycles. The molecule has 0 N–H and O–H groups in total. The van der Waals surface area contributed by atoms with Crippen LogP contribution in [0.15, 0.2) is 356 Å². The molecule has 24 rings (SSSR count). The van der Waals surface area contributed by atoms with Gasteiger partial charge in [-0.25, -0.2) is 15.0 Å². The molecule has 0 amide bonds. The highest BCUT2D eigenvalue weighted by atomic mass is 16.3. The van der Waals surface area contributed by atoms with E-state index in [0.717, 1.165) is 215 Å². The molecule has 0 spiro atoms. The zero-order chi connectivity index (χ0) is 71.1. The van der Waals surface area contributed by atoms with E-state index in [0.29, 0.717) is 17.5 Å². The van der Waals surface area contributed by atoms with Crippen molar-refractivity contribution in [2.75, 3.05) is 0 Å². The second-order valence-electron chi connectivity index (χ2n) is 28.4. The molecule has 0 unspecified atom stereocenters. The molecule has 0 atom stereocenters.